The summed E-state index contributed by atoms with van der Waals surface area (Å²) >= 11 is 0. The minimum Gasteiger partial charge on any atom is -0.476 e. The molecule has 1 aromatic rings. The summed E-state index contributed by atoms with van der Waals surface area (Å²) in [5.74, 6) is 0.188. The van der Waals surface area contributed by atoms with E-state index in [1.807, 2.05) is 39.0 Å². The lowest BCUT2D eigenvalue weighted by Gasteiger charge is -2.41. The van der Waals surface area contributed by atoms with Crippen LogP contribution in [0.25, 0.3) is 6.08 Å². The third kappa shape index (κ3) is 5.67. The number of nitrogens with zero attached hydrogens (tertiary/aromatic N) is 3. The van der Waals surface area contributed by atoms with E-state index in [9.17, 15) is 19.5 Å². The van der Waals surface area contributed by atoms with Crippen LogP contribution in [-0.2, 0) is 9.53 Å². The van der Waals surface area contributed by atoms with Crippen LogP contribution in [0, 0.1) is 0 Å². The first-order valence-corrected chi connectivity index (χ1v) is 12.6. The summed E-state index contributed by atoms with van der Waals surface area (Å²) in [6.07, 6.45) is 4.83. The van der Waals surface area contributed by atoms with Crippen LogP contribution < -0.4 is 9.64 Å². The number of carbonyl (C=O) groups excluding carboxylic acids is 2. The number of benzene rings is 1. The van der Waals surface area contributed by atoms with Gasteiger partial charge in [0.2, 0.25) is 0 Å². The van der Waals surface area contributed by atoms with Crippen LogP contribution >= 0.6 is 0 Å². The first-order chi connectivity index (χ1) is 17.0. The summed E-state index contributed by atoms with van der Waals surface area (Å²) in [6, 6.07) is 3.20. The predicted octanol–water partition coefficient (Wildman–Crippen LogP) is 4.25. The van der Waals surface area contributed by atoms with Crippen molar-refractivity contribution in [1.82, 2.24) is 9.80 Å². The van der Waals surface area contributed by atoms with Gasteiger partial charge in [-0.25, -0.2) is 4.79 Å². The molecule has 1 N–H and O–H groups in total. The molecule has 1 atom stereocenters. The highest BCUT2D eigenvalue weighted by Crippen LogP contribution is 2.41. The van der Waals surface area contributed by atoms with Gasteiger partial charge in [-0.1, -0.05) is 12.2 Å². The van der Waals surface area contributed by atoms with Crippen molar-refractivity contribution in [2.45, 2.75) is 71.6 Å². The SMILES string of the molecule is CC=Cc1cc2c(cc1C(=O)N(C(C)C)[C@@H]1CCCN(C(=O)O)C1)N(CCCOC)C(=O)C(C)(C)O2. The molecule has 198 valence electrons. The maximum Gasteiger partial charge on any atom is 0.407 e. The van der Waals surface area contributed by atoms with E-state index in [-0.39, 0.29) is 30.4 Å². The second-order valence-electron chi connectivity index (χ2n) is 10.2. The van der Waals surface area contributed by atoms with Crippen LogP contribution in [0.15, 0.2) is 18.2 Å². The van der Waals surface area contributed by atoms with Crippen molar-refractivity contribution < 1.29 is 29.0 Å². The number of likely N-dealkylation sites (tertiary alicyclic amines) is 1. The molecule has 0 bridgehead atoms. The topological polar surface area (TPSA) is 99.6 Å². The molecule has 0 saturated carbocycles. The Morgan fingerprint density at radius 3 is 2.67 bits per heavy atom. The number of methoxy groups -OCH3 is 1. The number of anilines is 1. The van der Waals surface area contributed by atoms with Gasteiger partial charge in [0, 0.05) is 45.0 Å². The van der Waals surface area contributed by atoms with Gasteiger partial charge in [0.05, 0.1) is 11.7 Å². The molecule has 2 heterocycles. The van der Waals surface area contributed by atoms with E-state index < -0.39 is 11.7 Å². The third-order valence-corrected chi connectivity index (χ3v) is 6.71. The maximum absolute atomic E-state index is 14.1. The zero-order valence-electron chi connectivity index (χ0n) is 22.2. The Morgan fingerprint density at radius 2 is 2.06 bits per heavy atom. The van der Waals surface area contributed by atoms with Crippen molar-refractivity contribution >= 4 is 29.7 Å². The molecule has 9 heteroatoms. The fourth-order valence-electron chi connectivity index (χ4n) is 5.04. The molecular weight excluding hydrogens is 462 g/mol. The van der Waals surface area contributed by atoms with Crippen LogP contribution in [-0.4, -0.2) is 83.8 Å². The molecule has 2 aliphatic rings. The maximum atomic E-state index is 14.1. The van der Waals surface area contributed by atoms with Crippen molar-refractivity contribution in [3.8, 4) is 5.75 Å². The Morgan fingerprint density at radius 1 is 1.33 bits per heavy atom. The molecule has 1 saturated heterocycles. The lowest BCUT2D eigenvalue weighted by atomic mass is 9.96. The Bertz CT molecular complexity index is 1020. The van der Waals surface area contributed by atoms with Crippen molar-refractivity contribution in [1.29, 1.82) is 0 Å². The number of carboxylic acid groups (broad SMARTS) is 1. The van der Waals surface area contributed by atoms with E-state index in [2.05, 4.69) is 0 Å². The second-order valence-corrected chi connectivity index (χ2v) is 10.2. The van der Waals surface area contributed by atoms with Gasteiger partial charge in [-0.15, -0.1) is 0 Å². The van der Waals surface area contributed by atoms with Gasteiger partial charge in [-0.3, -0.25) is 9.59 Å². The summed E-state index contributed by atoms with van der Waals surface area (Å²) in [5, 5.41) is 9.52. The van der Waals surface area contributed by atoms with Gasteiger partial charge in [0.15, 0.2) is 5.60 Å². The zero-order chi connectivity index (χ0) is 26.6. The van der Waals surface area contributed by atoms with Gasteiger partial charge in [-0.05, 0) is 71.6 Å². The number of fused-ring (bicyclic) bond motifs is 1. The molecule has 36 heavy (non-hydrogen) atoms. The quantitative estimate of drug-likeness (QED) is 0.535. The van der Waals surface area contributed by atoms with Gasteiger partial charge in [0.25, 0.3) is 11.8 Å². The normalized spacial score (nSPS) is 19.4. The van der Waals surface area contributed by atoms with E-state index in [0.717, 1.165) is 6.42 Å². The number of carbonyl (C=O) groups is 3. The number of ether oxygens (including phenoxy) is 2. The smallest absolute Gasteiger partial charge is 0.407 e. The second kappa shape index (κ2) is 11.3. The molecule has 0 aromatic heterocycles. The van der Waals surface area contributed by atoms with Crippen LogP contribution in [0.3, 0.4) is 0 Å². The number of hydrogen-bond donors (Lipinski definition) is 1. The number of hydrogen-bond acceptors (Lipinski definition) is 5. The molecule has 0 aliphatic carbocycles. The van der Waals surface area contributed by atoms with Crippen molar-refractivity contribution in [2.24, 2.45) is 0 Å². The minimum atomic E-state index is -1.04. The lowest BCUT2D eigenvalue weighted by Crippen LogP contribution is -2.54. The van der Waals surface area contributed by atoms with E-state index in [1.54, 1.807) is 36.8 Å². The number of amides is 3. The molecular formula is C27H39N3O6. The fraction of sp³-hybridized carbons (Fsp3) is 0.593. The monoisotopic (exact) mass is 501 g/mol. The molecule has 3 rings (SSSR count). The predicted molar refractivity (Wildman–Crippen MR) is 139 cm³/mol. The van der Waals surface area contributed by atoms with Gasteiger partial charge in [0.1, 0.15) is 5.75 Å². The average Bonchev–Trinajstić information content (AvgIpc) is 2.81. The summed E-state index contributed by atoms with van der Waals surface area (Å²) in [4.78, 5) is 43.8. The highest BCUT2D eigenvalue weighted by molar-refractivity contribution is 6.05. The molecule has 1 fully saturated rings. The summed E-state index contributed by atoms with van der Waals surface area (Å²) in [7, 11) is 1.62. The molecule has 0 unspecified atom stereocenters. The van der Waals surface area contributed by atoms with E-state index >= 15 is 0 Å². The summed E-state index contributed by atoms with van der Waals surface area (Å²) in [5.41, 5.74) is 0.678. The Kier molecular flexibility index (Phi) is 8.66. The van der Waals surface area contributed by atoms with Crippen LogP contribution in [0.2, 0.25) is 0 Å². The molecule has 2 aliphatic heterocycles. The van der Waals surface area contributed by atoms with E-state index in [1.165, 1.54) is 4.90 Å². The van der Waals surface area contributed by atoms with Crippen molar-refractivity contribution in [3.05, 3.63) is 29.3 Å². The van der Waals surface area contributed by atoms with E-state index in [4.69, 9.17) is 9.47 Å². The highest BCUT2D eigenvalue weighted by Gasteiger charge is 2.42. The number of rotatable bonds is 8. The molecule has 0 radical (unpaired) electrons. The van der Waals surface area contributed by atoms with Crippen LogP contribution in [0.1, 0.15) is 69.8 Å². The Hall–Kier alpha value is -3.07. The number of allylic oxidation sites excluding steroid dienone is 1. The largest absolute Gasteiger partial charge is 0.476 e. The molecule has 9 nitrogen and oxygen atoms in total. The van der Waals surface area contributed by atoms with Crippen molar-refractivity contribution in [3.63, 3.8) is 0 Å². The summed E-state index contributed by atoms with van der Waals surface area (Å²) < 4.78 is 11.3. The highest BCUT2D eigenvalue weighted by atomic mass is 16.5. The first kappa shape index (κ1) is 27.5. The van der Waals surface area contributed by atoms with Gasteiger partial charge >= 0.3 is 6.09 Å². The lowest BCUT2D eigenvalue weighted by molar-refractivity contribution is -0.132. The zero-order valence-corrected chi connectivity index (χ0v) is 22.2. The number of piperidine rings is 1. The standard InChI is InChI=1S/C27H39N3O6/c1-7-10-19-15-23-22(29(13-9-14-35-6)25(32)27(4,5)36-23)16-21(19)24(31)30(18(2)3)20-11-8-12-28(17-20)26(33)34/h7,10,15-16,18,20H,8-9,11-14,17H2,1-6H3,(H,33,34)/t20-/m1/s1. The molecule has 3 amide bonds. The minimum absolute atomic E-state index is 0.139. The summed E-state index contributed by atoms with van der Waals surface area (Å²) in [6.45, 7) is 10.9. The van der Waals surface area contributed by atoms with Crippen LogP contribution in [0.5, 0.6) is 5.75 Å². The molecule has 1 aromatic carbocycles. The molecule has 0 spiro atoms. The van der Waals surface area contributed by atoms with Crippen LogP contribution in [0.4, 0.5) is 10.5 Å². The Labute approximate surface area is 213 Å². The fourth-order valence-corrected chi connectivity index (χ4v) is 5.04. The first-order valence-electron chi connectivity index (χ1n) is 12.6. The van der Waals surface area contributed by atoms with E-state index in [0.29, 0.717) is 55.1 Å². The van der Waals surface area contributed by atoms with Gasteiger partial charge < -0.3 is 29.3 Å². The Balaban J connectivity index is 2.07. The third-order valence-electron chi connectivity index (χ3n) is 6.71. The average molecular weight is 502 g/mol. The van der Waals surface area contributed by atoms with Crippen molar-refractivity contribution in [2.75, 3.05) is 38.3 Å². The van der Waals surface area contributed by atoms with Gasteiger partial charge in [-0.2, -0.15) is 0 Å².